The summed E-state index contributed by atoms with van der Waals surface area (Å²) < 4.78 is 6.32. The highest BCUT2D eigenvalue weighted by Gasteiger charge is 2.13. The SMILES string of the molecule is CCOc1cccc(-c2cc(C(=O)O)c3cc(Br)ccc3n2)c1. The molecular weight excluding hydrogens is 358 g/mol. The first-order chi connectivity index (χ1) is 11.1. The molecule has 0 spiro atoms. The van der Waals surface area contributed by atoms with Crippen LogP contribution in [0.3, 0.4) is 0 Å². The number of hydrogen-bond donors (Lipinski definition) is 1. The highest BCUT2D eigenvalue weighted by molar-refractivity contribution is 9.10. The summed E-state index contributed by atoms with van der Waals surface area (Å²) in [5.74, 6) is -0.239. The summed E-state index contributed by atoms with van der Waals surface area (Å²) in [5.41, 5.74) is 2.31. The minimum absolute atomic E-state index is 0.230. The molecule has 0 aliphatic carbocycles. The van der Waals surface area contributed by atoms with E-state index in [1.54, 1.807) is 12.1 Å². The Balaban J connectivity index is 2.20. The second-order valence-corrected chi connectivity index (χ2v) is 5.90. The molecule has 23 heavy (non-hydrogen) atoms. The van der Waals surface area contributed by atoms with Crippen LogP contribution in [-0.4, -0.2) is 22.7 Å². The van der Waals surface area contributed by atoms with E-state index in [2.05, 4.69) is 20.9 Å². The molecule has 0 saturated heterocycles. The molecule has 0 atom stereocenters. The van der Waals surface area contributed by atoms with E-state index in [0.29, 0.717) is 23.2 Å². The summed E-state index contributed by atoms with van der Waals surface area (Å²) in [6.45, 7) is 2.49. The highest BCUT2D eigenvalue weighted by atomic mass is 79.9. The zero-order chi connectivity index (χ0) is 16.4. The summed E-state index contributed by atoms with van der Waals surface area (Å²) in [7, 11) is 0. The van der Waals surface area contributed by atoms with Crippen molar-refractivity contribution in [1.29, 1.82) is 0 Å². The summed E-state index contributed by atoms with van der Waals surface area (Å²) in [6.07, 6.45) is 0. The van der Waals surface area contributed by atoms with Crippen LogP contribution in [0.15, 0.2) is 53.0 Å². The fraction of sp³-hybridized carbons (Fsp3) is 0.111. The quantitative estimate of drug-likeness (QED) is 0.717. The van der Waals surface area contributed by atoms with Crippen molar-refractivity contribution in [3.8, 4) is 17.0 Å². The van der Waals surface area contributed by atoms with Gasteiger partial charge in [0.1, 0.15) is 5.75 Å². The standard InChI is InChI=1S/C18H14BrNO3/c1-2-23-13-5-3-4-11(8-13)17-10-15(18(21)22)14-9-12(19)6-7-16(14)20-17/h3-10H,2H2,1H3,(H,21,22). The van der Waals surface area contributed by atoms with E-state index in [1.807, 2.05) is 43.3 Å². The molecule has 1 aromatic heterocycles. The van der Waals surface area contributed by atoms with E-state index in [9.17, 15) is 9.90 Å². The first kappa shape index (κ1) is 15.5. The van der Waals surface area contributed by atoms with Crippen molar-refractivity contribution in [1.82, 2.24) is 4.98 Å². The Bertz CT molecular complexity index is 893. The average molecular weight is 372 g/mol. The van der Waals surface area contributed by atoms with Gasteiger partial charge in [0.15, 0.2) is 0 Å². The molecule has 1 N–H and O–H groups in total. The molecule has 1 heterocycles. The third-order valence-corrected chi connectivity index (χ3v) is 3.94. The van der Waals surface area contributed by atoms with E-state index in [1.165, 1.54) is 0 Å². The third kappa shape index (κ3) is 3.19. The summed E-state index contributed by atoms with van der Waals surface area (Å²) in [6, 6.07) is 14.5. The van der Waals surface area contributed by atoms with Crippen LogP contribution in [0.2, 0.25) is 0 Å². The van der Waals surface area contributed by atoms with Crippen molar-refractivity contribution in [2.24, 2.45) is 0 Å². The highest BCUT2D eigenvalue weighted by Crippen LogP contribution is 2.28. The minimum atomic E-state index is -0.974. The van der Waals surface area contributed by atoms with Crippen LogP contribution in [0.5, 0.6) is 5.75 Å². The lowest BCUT2D eigenvalue weighted by Crippen LogP contribution is -2.00. The van der Waals surface area contributed by atoms with Gasteiger partial charge in [0, 0.05) is 15.4 Å². The number of rotatable bonds is 4. The predicted molar refractivity (Wildman–Crippen MR) is 93.0 cm³/mol. The summed E-state index contributed by atoms with van der Waals surface area (Å²) in [5, 5.41) is 10.1. The first-order valence-corrected chi connectivity index (χ1v) is 7.94. The van der Waals surface area contributed by atoms with Gasteiger partial charge in [-0.25, -0.2) is 9.78 Å². The Labute approximate surface area is 141 Å². The number of fused-ring (bicyclic) bond motifs is 1. The Morgan fingerprint density at radius 3 is 2.78 bits per heavy atom. The van der Waals surface area contributed by atoms with Gasteiger partial charge in [-0.1, -0.05) is 28.1 Å². The van der Waals surface area contributed by atoms with E-state index >= 15 is 0 Å². The number of carboxylic acids is 1. The van der Waals surface area contributed by atoms with Crippen LogP contribution < -0.4 is 4.74 Å². The Kier molecular flexibility index (Phi) is 4.30. The maximum Gasteiger partial charge on any atom is 0.336 e. The lowest BCUT2D eigenvalue weighted by atomic mass is 10.0. The van der Waals surface area contributed by atoms with E-state index < -0.39 is 5.97 Å². The number of nitrogens with zero attached hydrogens (tertiary/aromatic N) is 1. The van der Waals surface area contributed by atoms with Crippen molar-refractivity contribution >= 4 is 32.8 Å². The van der Waals surface area contributed by atoms with Crippen LogP contribution in [0, 0.1) is 0 Å². The van der Waals surface area contributed by atoms with Crippen LogP contribution in [0.4, 0.5) is 0 Å². The molecule has 0 aliphatic rings. The molecule has 0 radical (unpaired) electrons. The number of halogens is 1. The van der Waals surface area contributed by atoms with Gasteiger partial charge in [-0.3, -0.25) is 0 Å². The number of benzene rings is 2. The molecule has 3 aromatic rings. The molecule has 116 valence electrons. The molecule has 5 heteroatoms. The van der Waals surface area contributed by atoms with Crippen LogP contribution in [0.1, 0.15) is 17.3 Å². The minimum Gasteiger partial charge on any atom is -0.494 e. The average Bonchev–Trinajstić information content (AvgIpc) is 2.54. The van der Waals surface area contributed by atoms with Crippen molar-refractivity contribution in [3.05, 3.63) is 58.6 Å². The molecule has 4 nitrogen and oxygen atoms in total. The molecule has 3 rings (SSSR count). The zero-order valence-electron chi connectivity index (χ0n) is 12.4. The molecule has 0 fully saturated rings. The maximum atomic E-state index is 11.6. The predicted octanol–water partition coefficient (Wildman–Crippen LogP) is 4.76. The van der Waals surface area contributed by atoms with Crippen molar-refractivity contribution in [2.75, 3.05) is 6.61 Å². The first-order valence-electron chi connectivity index (χ1n) is 7.15. The van der Waals surface area contributed by atoms with Gasteiger partial charge in [-0.2, -0.15) is 0 Å². The fourth-order valence-corrected chi connectivity index (χ4v) is 2.80. The van der Waals surface area contributed by atoms with E-state index in [4.69, 9.17) is 4.74 Å². The monoisotopic (exact) mass is 371 g/mol. The van der Waals surface area contributed by atoms with E-state index in [-0.39, 0.29) is 5.56 Å². The van der Waals surface area contributed by atoms with Crippen LogP contribution in [-0.2, 0) is 0 Å². The van der Waals surface area contributed by atoms with Gasteiger partial charge in [-0.15, -0.1) is 0 Å². The smallest absolute Gasteiger partial charge is 0.336 e. The summed E-state index contributed by atoms with van der Waals surface area (Å²) in [4.78, 5) is 16.2. The fourth-order valence-electron chi connectivity index (χ4n) is 2.43. The van der Waals surface area contributed by atoms with Gasteiger partial charge < -0.3 is 9.84 Å². The van der Waals surface area contributed by atoms with E-state index in [0.717, 1.165) is 15.8 Å². The molecule has 0 bridgehead atoms. The maximum absolute atomic E-state index is 11.6. The Morgan fingerprint density at radius 1 is 1.22 bits per heavy atom. The van der Waals surface area contributed by atoms with Gasteiger partial charge >= 0.3 is 5.97 Å². The lowest BCUT2D eigenvalue weighted by Gasteiger charge is -2.09. The van der Waals surface area contributed by atoms with Crippen LogP contribution in [0.25, 0.3) is 22.2 Å². The Hall–Kier alpha value is -2.40. The number of carbonyl (C=O) groups is 1. The molecule has 0 unspecified atom stereocenters. The van der Waals surface area contributed by atoms with Crippen molar-refractivity contribution < 1.29 is 14.6 Å². The molecule has 2 aromatic carbocycles. The van der Waals surface area contributed by atoms with Crippen molar-refractivity contribution in [2.45, 2.75) is 6.92 Å². The second-order valence-electron chi connectivity index (χ2n) is 4.98. The van der Waals surface area contributed by atoms with Gasteiger partial charge in [-0.05, 0) is 43.3 Å². The normalized spacial score (nSPS) is 10.7. The molecular formula is C18H14BrNO3. The van der Waals surface area contributed by atoms with Crippen LogP contribution >= 0.6 is 15.9 Å². The number of aromatic nitrogens is 1. The van der Waals surface area contributed by atoms with Crippen molar-refractivity contribution in [3.63, 3.8) is 0 Å². The van der Waals surface area contributed by atoms with Gasteiger partial charge in [0.05, 0.1) is 23.4 Å². The number of hydrogen-bond acceptors (Lipinski definition) is 3. The summed E-state index contributed by atoms with van der Waals surface area (Å²) >= 11 is 3.37. The number of ether oxygens (including phenoxy) is 1. The largest absolute Gasteiger partial charge is 0.494 e. The van der Waals surface area contributed by atoms with Gasteiger partial charge in [0.25, 0.3) is 0 Å². The molecule has 0 saturated carbocycles. The molecule has 0 aliphatic heterocycles. The number of pyridine rings is 1. The number of carboxylic acid groups (broad SMARTS) is 1. The Morgan fingerprint density at radius 2 is 2.04 bits per heavy atom. The second kappa shape index (κ2) is 6.38. The topological polar surface area (TPSA) is 59.4 Å². The molecule has 0 amide bonds. The van der Waals surface area contributed by atoms with Gasteiger partial charge in [0.2, 0.25) is 0 Å². The third-order valence-electron chi connectivity index (χ3n) is 3.44. The lowest BCUT2D eigenvalue weighted by molar-refractivity contribution is 0.0699. The zero-order valence-corrected chi connectivity index (χ0v) is 14.0. The number of aromatic carboxylic acids is 1.